The molecular weight excluding hydrogens is 527 g/mol. The minimum atomic E-state index is -4.63. The maximum Gasteiger partial charge on any atom is 0.417 e. The van der Waals surface area contributed by atoms with E-state index in [4.69, 9.17) is 4.74 Å². The Bertz CT molecular complexity index is 1520. The highest BCUT2D eigenvalue weighted by atomic mass is 32.2. The number of benzene rings is 1. The third kappa shape index (κ3) is 4.99. The topological polar surface area (TPSA) is 123 Å². The summed E-state index contributed by atoms with van der Waals surface area (Å²) in [6.45, 7) is -0.367. The fraction of sp³-hybridized carbons (Fsp3) is 0.375. The summed E-state index contributed by atoms with van der Waals surface area (Å²) in [6, 6.07) is 4.18. The molecule has 0 unspecified atom stereocenters. The Labute approximate surface area is 215 Å². The summed E-state index contributed by atoms with van der Waals surface area (Å²) in [5.74, 6) is -0.257. The Morgan fingerprint density at radius 3 is 2.45 bits per heavy atom. The summed E-state index contributed by atoms with van der Waals surface area (Å²) < 4.78 is 69.3. The highest BCUT2D eigenvalue weighted by Gasteiger charge is 2.43. The van der Waals surface area contributed by atoms with Crippen molar-refractivity contribution in [2.45, 2.75) is 48.9 Å². The molecule has 10 nitrogen and oxygen atoms in total. The van der Waals surface area contributed by atoms with Crippen molar-refractivity contribution in [1.82, 2.24) is 19.9 Å². The van der Waals surface area contributed by atoms with E-state index in [1.165, 1.54) is 18.5 Å². The lowest BCUT2D eigenvalue weighted by Gasteiger charge is -2.33. The van der Waals surface area contributed by atoms with E-state index in [9.17, 15) is 31.2 Å². The monoisotopic (exact) mass is 549 g/mol. The number of carbonyl (C=O) groups excluding carboxylic acids is 2. The lowest BCUT2D eigenvalue weighted by atomic mass is 9.92. The van der Waals surface area contributed by atoms with E-state index in [2.05, 4.69) is 15.0 Å². The fourth-order valence-electron chi connectivity index (χ4n) is 4.72. The van der Waals surface area contributed by atoms with E-state index in [0.29, 0.717) is 42.8 Å². The fourth-order valence-corrected chi connectivity index (χ4v) is 5.37. The number of anilines is 1. The first-order valence-electron chi connectivity index (χ1n) is 11.7. The Kier molecular flexibility index (Phi) is 6.45. The van der Waals surface area contributed by atoms with Gasteiger partial charge in [-0.05, 0) is 49.9 Å². The number of amides is 3. The smallest absolute Gasteiger partial charge is 0.417 e. The molecule has 200 valence electrons. The van der Waals surface area contributed by atoms with Crippen molar-refractivity contribution in [2.24, 2.45) is 0 Å². The first-order valence-corrected chi connectivity index (χ1v) is 13.6. The van der Waals surface area contributed by atoms with Crippen LogP contribution in [0.2, 0.25) is 0 Å². The van der Waals surface area contributed by atoms with Crippen molar-refractivity contribution in [1.29, 1.82) is 0 Å². The van der Waals surface area contributed by atoms with Gasteiger partial charge >= 0.3 is 12.2 Å². The van der Waals surface area contributed by atoms with Gasteiger partial charge in [-0.25, -0.2) is 23.2 Å². The van der Waals surface area contributed by atoms with E-state index in [1.807, 2.05) is 0 Å². The van der Waals surface area contributed by atoms with Crippen LogP contribution in [-0.4, -0.2) is 65.2 Å². The Morgan fingerprint density at radius 1 is 1.03 bits per heavy atom. The molecule has 2 aliphatic rings. The van der Waals surface area contributed by atoms with Crippen molar-refractivity contribution in [3.63, 3.8) is 0 Å². The third-order valence-corrected chi connectivity index (χ3v) is 7.76. The van der Waals surface area contributed by atoms with Gasteiger partial charge in [0.1, 0.15) is 19.0 Å². The summed E-state index contributed by atoms with van der Waals surface area (Å²) in [5.41, 5.74) is -0.581. The lowest BCUT2D eigenvalue weighted by Crippen LogP contribution is -2.44. The number of hydrogen-bond donors (Lipinski definition) is 0. The minimum absolute atomic E-state index is 0.0956. The van der Waals surface area contributed by atoms with Crippen LogP contribution in [0.4, 0.5) is 23.7 Å². The van der Waals surface area contributed by atoms with E-state index in [0.717, 1.165) is 28.3 Å². The summed E-state index contributed by atoms with van der Waals surface area (Å²) in [7, 11) is -3.45. The van der Waals surface area contributed by atoms with Crippen LogP contribution in [0.25, 0.3) is 10.9 Å². The zero-order valence-corrected chi connectivity index (χ0v) is 20.9. The number of ether oxygens (including phenoxy) is 1. The standard InChI is InChI=1S/C24H22F3N5O5S/c1-38(35,36)18-6-7-20-19(9-18)22(30-13-29-20)37-17-4-2-15(3-5-17)32-21(33)12-31(23(32)34)16-8-14(10-28-11-16)24(25,26)27/h6-11,13,15,17H,2-5,12H2,1H3/t15-,17-. The molecule has 0 atom stereocenters. The molecule has 2 fully saturated rings. The van der Waals surface area contributed by atoms with Crippen molar-refractivity contribution < 1.29 is 35.9 Å². The number of aromatic nitrogens is 3. The highest BCUT2D eigenvalue weighted by Crippen LogP contribution is 2.34. The molecule has 3 amide bonds. The number of carbonyl (C=O) groups is 2. The van der Waals surface area contributed by atoms with Gasteiger partial charge in [0, 0.05) is 18.5 Å². The van der Waals surface area contributed by atoms with Gasteiger partial charge in [0.15, 0.2) is 9.84 Å². The number of sulfone groups is 1. The van der Waals surface area contributed by atoms with Crippen molar-refractivity contribution in [3.05, 3.63) is 48.5 Å². The van der Waals surface area contributed by atoms with Crippen LogP contribution in [-0.2, 0) is 20.8 Å². The van der Waals surface area contributed by atoms with Gasteiger partial charge in [-0.2, -0.15) is 13.2 Å². The first kappa shape index (κ1) is 25.8. The second kappa shape index (κ2) is 9.49. The number of hydrogen-bond acceptors (Lipinski definition) is 8. The summed E-state index contributed by atoms with van der Waals surface area (Å²) in [4.78, 5) is 39.9. The molecule has 1 aliphatic carbocycles. The molecule has 1 saturated heterocycles. The summed E-state index contributed by atoms with van der Waals surface area (Å²) in [6.07, 6.45) is 1.08. The summed E-state index contributed by atoms with van der Waals surface area (Å²) >= 11 is 0. The van der Waals surface area contributed by atoms with Crippen molar-refractivity contribution in [2.75, 3.05) is 17.7 Å². The Morgan fingerprint density at radius 2 is 1.76 bits per heavy atom. The maximum atomic E-state index is 13.1. The molecule has 5 rings (SSSR count). The van der Waals surface area contributed by atoms with Crippen LogP contribution in [0.3, 0.4) is 0 Å². The normalized spacial score (nSPS) is 20.8. The van der Waals surface area contributed by atoms with Crippen LogP contribution in [0, 0.1) is 0 Å². The van der Waals surface area contributed by atoms with Crippen molar-refractivity contribution >= 4 is 38.4 Å². The van der Waals surface area contributed by atoms with Crippen LogP contribution in [0.15, 0.2) is 47.9 Å². The van der Waals surface area contributed by atoms with Gasteiger partial charge in [-0.1, -0.05) is 0 Å². The molecular formula is C24H22F3N5O5S. The third-order valence-electron chi connectivity index (χ3n) is 6.65. The first-order chi connectivity index (χ1) is 17.9. The van der Waals surface area contributed by atoms with Gasteiger partial charge in [-0.15, -0.1) is 0 Å². The second-order valence-corrected chi connectivity index (χ2v) is 11.3. The van der Waals surface area contributed by atoms with Crippen molar-refractivity contribution in [3.8, 4) is 5.88 Å². The average molecular weight is 550 g/mol. The minimum Gasteiger partial charge on any atom is -0.474 e. The number of urea groups is 1. The summed E-state index contributed by atoms with van der Waals surface area (Å²) in [5, 5.41) is 0.452. The average Bonchev–Trinajstić information content (AvgIpc) is 3.17. The van der Waals surface area contributed by atoms with Gasteiger partial charge in [0.05, 0.1) is 33.2 Å². The van der Waals surface area contributed by atoms with E-state index < -0.39 is 39.6 Å². The molecule has 38 heavy (non-hydrogen) atoms. The molecule has 0 radical (unpaired) electrons. The SMILES string of the molecule is CS(=O)(=O)c1ccc2ncnc(O[C@H]3CC[C@H](N4C(=O)CN(c5cncc(C(F)(F)F)c5)C4=O)CC3)c2c1. The molecule has 14 heteroatoms. The molecule has 0 N–H and O–H groups in total. The molecule has 3 aromatic rings. The van der Waals surface area contributed by atoms with E-state index in [-0.39, 0.29) is 29.1 Å². The maximum absolute atomic E-state index is 13.1. The molecule has 1 aromatic carbocycles. The van der Waals surface area contributed by atoms with Gasteiger partial charge < -0.3 is 4.74 Å². The number of alkyl halides is 3. The number of rotatable bonds is 5. The number of fused-ring (bicyclic) bond motifs is 1. The quantitative estimate of drug-likeness (QED) is 0.443. The molecule has 0 bridgehead atoms. The molecule has 2 aromatic heterocycles. The molecule has 1 aliphatic heterocycles. The Hall–Kier alpha value is -3.81. The van der Waals surface area contributed by atoms with E-state index >= 15 is 0 Å². The predicted octanol–water partition coefficient (Wildman–Crippen LogP) is 3.61. The van der Waals surface area contributed by atoms with Gasteiger partial charge in [0.25, 0.3) is 5.91 Å². The van der Waals surface area contributed by atoms with Crippen LogP contribution >= 0.6 is 0 Å². The lowest BCUT2D eigenvalue weighted by molar-refractivity contribution is -0.137. The largest absolute Gasteiger partial charge is 0.474 e. The van der Waals surface area contributed by atoms with Gasteiger partial charge in [-0.3, -0.25) is 19.6 Å². The molecule has 0 spiro atoms. The zero-order valence-electron chi connectivity index (χ0n) is 20.1. The number of halogens is 3. The number of pyridine rings is 1. The molecule has 1 saturated carbocycles. The predicted molar refractivity (Wildman–Crippen MR) is 128 cm³/mol. The second-order valence-electron chi connectivity index (χ2n) is 9.24. The molecule has 3 heterocycles. The number of nitrogens with zero attached hydrogens (tertiary/aromatic N) is 5. The zero-order chi connectivity index (χ0) is 27.2. The number of imide groups is 1. The highest BCUT2D eigenvalue weighted by molar-refractivity contribution is 7.90. The van der Waals surface area contributed by atoms with Crippen LogP contribution in [0.5, 0.6) is 5.88 Å². The Balaban J connectivity index is 1.27. The van der Waals surface area contributed by atoms with E-state index in [1.54, 1.807) is 6.07 Å². The van der Waals surface area contributed by atoms with Crippen LogP contribution in [0.1, 0.15) is 31.2 Å². The van der Waals surface area contributed by atoms with Gasteiger partial charge in [0.2, 0.25) is 5.88 Å². The van der Waals surface area contributed by atoms with Crippen LogP contribution < -0.4 is 9.64 Å².